The molecule has 0 aliphatic carbocycles. The molecule has 0 radical (unpaired) electrons. The van der Waals surface area contributed by atoms with Crippen LogP contribution in [0.3, 0.4) is 0 Å². The molecule has 0 bridgehead atoms. The third-order valence-corrected chi connectivity index (χ3v) is 2.16. The summed E-state index contributed by atoms with van der Waals surface area (Å²) in [6.07, 6.45) is 5.13. The maximum Gasteiger partial charge on any atom is 0.0725 e. The molecule has 0 saturated heterocycles. The molecular formula is C9H17N3O. The summed E-state index contributed by atoms with van der Waals surface area (Å²) in [7, 11) is 1.87. The first kappa shape index (κ1) is 10.2. The molecule has 74 valence electrons. The number of hydrogen-bond donors (Lipinski definition) is 1. The smallest absolute Gasteiger partial charge is 0.0725 e. The van der Waals surface area contributed by atoms with E-state index in [1.165, 1.54) is 0 Å². The average Bonchev–Trinajstić information content (AvgIpc) is 2.48. The van der Waals surface area contributed by atoms with Crippen LogP contribution >= 0.6 is 0 Å². The number of rotatable bonds is 5. The Balaban J connectivity index is 2.30. The van der Waals surface area contributed by atoms with Gasteiger partial charge in [-0.25, -0.2) is 0 Å². The van der Waals surface area contributed by atoms with Gasteiger partial charge < -0.3 is 5.11 Å². The average molecular weight is 183 g/mol. The lowest BCUT2D eigenvalue weighted by Crippen LogP contribution is -2.09. The van der Waals surface area contributed by atoms with E-state index in [4.69, 9.17) is 0 Å². The Hall–Kier alpha value is -0.900. The van der Waals surface area contributed by atoms with Crippen LogP contribution in [-0.4, -0.2) is 26.2 Å². The molecule has 13 heavy (non-hydrogen) atoms. The van der Waals surface area contributed by atoms with Crippen molar-refractivity contribution in [2.75, 3.05) is 0 Å². The minimum Gasteiger partial charge on any atom is -0.393 e. The van der Waals surface area contributed by atoms with E-state index >= 15 is 0 Å². The first-order chi connectivity index (χ1) is 6.24. The molecule has 1 N–H and O–H groups in total. The molecule has 0 fully saturated rings. The zero-order chi connectivity index (χ0) is 9.68. The summed E-state index contributed by atoms with van der Waals surface area (Å²) in [4.78, 5) is 0. The van der Waals surface area contributed by atoms with E-state index in [0.717, 1.165) is 31.4 Å². The molecule has 0 aromatic carbocycles. The van der Waals surface area contributed by atoms with Crippen LogP contribution in [0.25, 0.3) is 0 Å². The molecule has 4 nitrogen and oxygen atoms in total. The fourth-order valence-corrected chi connectivity index (χ4v) is 1.33. The lowest BCUT2D eigenvalue weighted by Gasteiger charge is -2.07. The molecule has 1 atom stereocenters. The van der Waals surface area contributed by atoms with Crippen LogP contribution in [0.2, 0.25) is 0 Å². The van der Waals surface area contributed by atoms with Crippen LogP contribution in [0.15, 0.2) is 6.20 Å². The lowest BCUT2D eigenvalue weighted by atomic mass is 10.1. The van der Waals surface area contributed by atoms with Gasteiger partial charge in [0.25, 0.3) is 0 Å². The van der Waals surface area contributed by atoms with Crippen molar-refractivity contribution in [1.82, 2.24) is 15.0 Å². The Morgan fingerprint density at radius 1 is 1.54 bits per heavy atom. The second-order valence-electron chi connectivity index (χ2n) is 3.33. The van der Waals surface area contributed by atoms with Crippen molar-refractivity contribution in [3.05, 3.63) is 11.9 Å². The Kier molecular flexibility index (Phi) is 3.89. The number of aromatic nitrogens is 3. The summed E-state index contributed by atoms with van der Waals surface area (Å²) >= 11 is 0. The molecule has 0 aliphatic heterocycles. The third-order valence-electron chi connectivity index (χ3n) is 2.16. The van der Waals surface area contributed by atoms with E-state index in [1.807, 2.05) is 7.05 Å². The van der Waals surface area contributed by atoms with E-state index in [1.54, 1.807) is 10.9 Å². The van der Waals surface area contributed by atoms with E-state index < -0.39 is 0 Å². The minimum absolute atomic E-state index is 0.181. The first-order valence-electron chi connectivity index (χ1n) is 4.75. The normalized spacial score (nSPS) is 13.2. The molecule has 1 aromatic rings. The minimum atomic E-state index is -0.181. The van der Waals surface area contributed by atoms with Crippen molar-refractivity contribution < 1.29 is 5.11 Å². The molecule has 0 amide bonds. The van der Waals surface area contributed by atoms with E-state index in [0.29, 0.717) is 0 Å². The summed E-state index contributed by atoms with van der Waals surface area (Å²) < 4.78 is 1.75. The highest BCUT2D eigenvalue weighted by molar-refractivity contribution is 4.93. The Morgan fingerprint density at radius 3 is 2.85 bits per heavy atom. The van der Waals surface area contributed by atoms with Gasteiger partial charge in [0.1, 0.15) is 0 Å². The van der Waals surface area contributed by atoms with Crippen molar-refractivity contribution in [1.29, 1.82) is 0 Å². The molecule has 4 heteroatoms. The van der Waals surface area contributed by atoms with Crippen molar-refractivity contribution >= 4 is 0 Å². The maximum atomic E-state index is 9.49. The van der Waals surface area contributed by atoms with Gasteiger partial charge in [0.2, 0.25) is 0 Å². The van der Waals surface area contributed by atoms with Crippen LogP contribution in [0.4, 0.5) is 0 Å². The predicted molar refractivity (Wildman–Crippen MR) is 50.2 cm³/mol. The van der Waals surface area contributed by atoms with Gasteiger partial charge >= 0.3 is 0 Å². The van der Waals surface area contributed by atoms with Crippen LogP contribution < -0.4 is 0 Å². The van der Waals surface area contributed by atoms with E-state index in [9.17, 15) is 5.11 Å². The zero-order valence-electron chi connectivity index (χ0n) is 8.27. The Bertz CT molecular complexity index is 247. The second-order valence-corrected chi connectivity index (χ2v) is 3.33. The van der Waals surface area contributed by atoms with Crippen molar-refractivity contribution in [3.63, 3.8) is 0 Å². The van der Waals surface area contributed by atoms with Gasteiger partial charge in [-0.05, 0) is 19.3 Å². The number of aryl methyl sites for hydroxylation is 2. The third kappa shape index (κ3) is 3.14. The van der Waals surface area contributed by atoms with Crippen LogP contribution in [0.5, 0.6) is 0 Å². The Morgan fingerprint density at radius 2 is 2.31 bits per heavy atom. The fraction of sp³-hybridized carbons (Fsp3) is 0.778. The summed E-state index contributed by atoms with van der Waals surface area (Å²) in [6, 6.07) is 0. The maximum absolute atomic E-state index is 9.49. The van der Waals surface area contributed by atoms with Crippen molar-refractivity contribution in [3.8, 4) is 0 Å². The number of nitrogens with zero attached hydrogens (tertiary/aromatic N) is 3. The summed E-state index contributed by atoms with van der Waals surface area (Å²) in [5.41, 5.74) is 1.08. The molecule has 1 heterocycles. The van der Waals surface area contributed by atoms with Crippen molar-refractivity contribution in [2.24, 2.45) is 7.05 Å². The number of hydrogen-bond acceptors (Lipinski definition) is 3. The van der Waals surface area contributed by atoms with Gasteiger partial charge in [0.05, 0.1) is 18.0 Å². The van der Waals surface area contributed by atoms with E-state index in [-0.39, 0.29) is 6.10 Å². The highest BCUT2D eigenvalue weighted by atomic mass is 16.3. The standard InChI is InChI=1S/C9H17N3O/c1-3-4-9(13)6-5-8-7-10-11-12(8)2/h7,9,13H,3-6H2,1-2H3. The highest BCUT2D eigenvalue weighted by Crippen LogP contribution is 2.06. The number of aliphatic hydroxyl groups excluding tert-OH is 1. The topological polar surface area (TPSA) is 50.9 Å². The van der Waals surface area contributed by atoms with Gasteiger partial charge in [-0.15, -0.1) is 5.10 Å². The molecule has 1 unspecified atom stereocenters. The second kappa shape index (κ2) is 4.97. The van der Waals surface area contributed by atoms with Gasteiger partial charge in [-0.1, -0.05) is 18.6 Å². The zero-order valence-corrected chi connectivity index (χ0v) is 8.27. The summed E-state index contributed by atoms with van der Waals surface area (Å²) in [6.45, 7) is 2.08. The van der Waals surface area contributed by atoms with Gasteiger partial charge in [0, 0.05) is 7.05 Å². The first-order valence-corrected chi connectivity index (χ1v) is 4.75. The molecular weight excluding hydrogens is 166 g/mol. The van der Waals surface area contributed by atoms with Crippen LogP contribution in [0, 0.1) is 0 Å². The monoisotopic (exact) mass is 183 g/mol. The van der Waals surface area contributed by atoms with Gasteiger partial charge in [0.15, 0.2) is 0 Å². The van der Waals surface area contributed by atoms with Crippen molar-refractivity contribution in [2.45, 2.75) is 38.7 Å². The van der Waals surface area contributed by atoms with Crippen LogP contribution in [0.1, 0.15) is 31.9 Å². The van der Waals surface area contributed by atoms with Gasteiger partial charge in [-0.2, -0.15) is 0 Å². The van der Waals surface area contributed by atoms with E-state index in [2.05, 4.69) is 17.2 Å². The lowest BCUT2D eigenvalue weighted by molar-refractivity contribution is 0.153. The predicted octanol–water partition coefficient (Wildman–Crippen LogP) is 0.909. The SMILES string of the molecule is CCCC(O)CCc1cnnn1C. The van der Waals surface area contributed by atoms with Gasteiger partial charge in [-0.3, -0.25) is 4.68 Å². The highest BCUT2D eigenvalue weighted by Gasteiger charge is 2.05. The summed E-state index contributed by atoms with van der Waals surface area (Å²) in [5, 5.41) is 17.1. The number of aliphatic hydroxyl groups is 1. The molecule has 1 rings (SSSR count). The molecule has 0 aliphatic rings. The summed E-state index contributed by atoms with van der Waals surface area (Å²) in [5.74, 6) is 0. The van der Waals surface area contributed by atoms with Crippen LogP contribution in [-0.2, 0) is 13.5 Å². The Labute approximate surface area is 78.6 Å². The molecule has 0 spiro atoms. The molecule has 0 saturated carbocycles. The fourth-order valence-electron chi connectivity index (χ4n) is 1.33. The quantitative estimate of drug-likeness (QED) is 0.738. The molecule has 1 aromatic heterocycles. The largest absolute Gasteiger partial charge is 0.393 e.